The quantitative estimate of drug-likeness (QED) is 0.749. The summed E-state index contributed by atoms with van der Waals surface area (Å²) in [5.41, 5.74) is 0. The molecule has 0 spiro atoms. The van der Waals surface area contributed by atoms with Crippen molar-refractivity contribution in [3.05, 3.63) is 24.2 Å². The zero-order valence-corrected chi connectivity index (χ0v) is 13.3. The third kappa shape index (κ3) is 5.26. The maximum Gasteiger partial charge on any atom is 0.322 e. The van der Waals surface area contributed by atoms with E-state index >= 15 is 0 Å². The van der Waals surface area contributed by atoms with Gasteiger partial charge in [-0.3, -0.25) is 0 Å². The van der Waals surface area contributed by atoms with Gasteiger partial charge in [0.05, 0.1) is 18.1 Å². The highest BCUT2D eigenvalue weighted by molar-refractivity contribution is 7.98. The van der Waals surface area contributed by atoms with E-state index in [4.69, 9.17) is 9.15 Å². The first-order valence-electron chi connectivity index (χ1n) is 6.99. The van der Waals surface area contributed by atoms with Crippen LogP contribution in [0.3, 0.4) is 0 Å². The lowest BCUT2D eigenvalue weighted by atomic mass is 10.5. The van der Waals surface area contributed by atoms with Crippen LogP contribution in [0.5, 0.6) is 6.01 Å². The molecule has 0 amide bonds. The van der Waals surface area contributed by atoms with Crippen molar-refractivity contribution in [2.24, 2.45) is 0 Å². The summed E-state index contributed by atoms with van der Waals surface area (Å²) >= 11 is 1.49. The number of thioether (sulfide) groups is 1. The van der Waals surface area contributed by atoms with E-state index in [-0.39, 0.29) is 6.10 Å². The predicted octanol–water partition coefficient (Wildman–Crippen LogP) is 3.37. The molecule has 0 aliphatic carbocycles. The summed E-state index contributed by atoms with van der Waals surface area (Å²) in [5, 5.41) is 3.78. The highest BCUT2D eigenvalue weighted by Gasteiger charge is 2.10. The lowest BCUT2D eigenvalue weighted by Crippen LogP contribution is -2.12. The summed E-state index contributed by atoms with van der Waals surface area (Å²) in [6.45, 7) is 6.79. The molecular weight excluding hydrogens is 288 g/mol. The van der Waals surface area contributed by atoms with Gasteiger partial charge in [-0.25, -0.2) is 0 Å². The molecule has 0 saturated heterocycles. The number of aromatic nitrogens is 3. The predicted molar refractivity (Wildman–Crippen MR) is 82.6 cm³/mol. The normalized spacial score (nSPS) is 10.9. The number of hydrogen-bond acceptors (Lipinski definition) is 7. The minimum Gasteiger partial charge on any atom is -0.468 e. The molecule has 0 aliphatic heterocycles. The van der Waals surface area contributed by atoms with Crippen LogP contribution in [0.4, 0.5) is 5.95 Å². The molecule has 7 heteroatoms. The Balaban J connectivity index is 2.09. The molecule has 21 heavy (non-hydrogen) atoms. The van der Waals surface area contributed by atoms with Crippen LogP contribution in [0, 0.1) is 0 Å². The van der Waals surface area contributed by atoms with Crippen LogP contribution < -0.4 is 10.1 Å². The molecule has 2 rings (SSSR count). The van der Waals surface area contributed by atoms with E-state index in [2.05, 4.69) is 27.2 Å². The maximum atomic E-state index is 5.57. The van der Waals surface area contributed by atoms with Gasteiger partial charge in [0.1, 0.15) is 5.76 Å². The number of rotatable bonds is 8. The smallest absolute Gasteiger partial charge is 0.322 e. The summed E-state index contributed by atoms with van der Waals surface area (Å²) in [4.78, 5) is 13.0. The Morgan fingerprint density at radius 3 is 2.86 bits per heavy atom. The third-order valence-corrected chi connectivity index (χ3v) is 3.26. The molecule has 0 unspecified atom stereocenters. The van der Waals surface area contributed by atoms with Gasteiger partial charge in [-0.15, -0.1) is 0 Å². The second-order valence-electron chi connectivity index (χ2n) is 4.69. The van der Waals surface area contributed by atoms with Gasteiger partial charge >= 0.3 is 6.01 Å². The van der Waals surface area contributed by atoms with Gasteiger partial charge < -0.3 is 14.5 Å². The van der Waals surface area contributed by atoms with Crippen molar-refractivity contribution in [1.29, 1.82) is 0 Å². The van der Waals surface area contributed by atoms with Gasteiger partial charge in [0.25, 0.3) is 0 Å². The van der Waals surface area contributed by atoms with Crippen molar-refractivity contribution in [3.8, 4) is 6.01 Å². The molecular formula is C14H20N4O2S. The standard InChI is InChI=1S/C14H20N4O2S/c1-4-7-15-12-16-13(20-10(2)3)18-14(17-12)21-9-11-6-5-8-19-11/h5-6,8,10H,4,7,9H2,1-3H3,(H,15,16,17,18). The topological polar surface area (TPSA) is 73.1 Å². The van der Waals surface area contributed by atoms with Crippen LogP contribution in [-0.2, 0) is 5.75 Å². The molecule has 0 bridgehead atoms. The van der Waals surface area contributed by atoms with Gasteiger partial charge in [0, 0.05) is 6.54 Å². The fourth-order valence-corrected chi connectivity index (χ4v) is 2.24. The van der Waals surface area contributed by atoms with E-state index in [9.17, 15) is 0 Å². The van der Waals surface area contributed by atoms with Crippen molar-refractivity contribution < 1.29 is 9.15 Å². The lowest BCUT2D eigenvalue weighted by molar-refractivity contribution is 0.219. The van der Waals surface area contributed by atoms with Crippen molar-refractivity contribution >= 4 is 17.7 Å². The first-order chi connectivity index (χ1) is 10.2. The van der Waals surface area contributed by atoms with E-state index in [1.165, 1.54) is 11.8 Å². The van der Waals surface area contributed by atoms with Crippen LogP contribution in [-0.4, -0.2) is 27.6 Å². The number of ether oxygens (including phenoxy) is 1. The van der Waals surface area contributed by atoms with Crippen molar-refractivity contribution in [1.82, 2.24) is 15.0 Å². The molecule has 6 nitrogen and oxygen atoms in total. The molecule has 0 fully saturated rings. The van der Waals surface area contributed by atoms with Crippen molar-refractivity contribution in [2.45, 2.75) is 44.2 Å². The zero-order chi connectivity index (χ0) is 15.1. The third-order valence-electron chi connectivity index (χ3n) is 2.39. The molecule has 2 heterocycles. The number of nitrogens with one attached hydrogen (secondary N) is 1. The molecule has 2 aromatic heterocycles. The van der Waals surface area contributed by atoms with Crippen LogP contribution in [0.25, 0.3) is 0 Å². The molecule has 1 N–H and O–H groups in total. The fraction of sp³-hybridized carbons (Fsp3) is 0.500. The van der Waals surface area contributed by atoms with Crippen molar-refractivity contribution in [2.75, 3.05) is 11.9 Å². The Kier molecular flexibility index (Phi) is 5.86. The molecule has 0 radical (unpaired) electrons. The van der Waals surface area contributed by atoms with E-state index < -0.39 is 0 Å². The Morgan fingerprint density at radius 1 is 1.33 bits per heavy atom. The number of hydrogen-bond donors (Lipinski definition) is 1. The second-order valence-corrected chi connectivity index (χ2v) is 5.63. The first kappa shape index (κ1) is 15.6. The summed E-state index contributed by atoms with van der Waals surface area (Å²) in [5.74, 6) is 2.10. The number of furan rings is 1. The number of anilines is 1. The minimum atomic E-state index is 0.0225. The Morgan fingerprint density at radius 2 is 2.19 bits per heavy atom. The van der Waals surface area contributed by atoms with Crippen molar-refractivity contribution in [3.63, 3.8) is 0 Å². The summed E-state index contributed by atoms with van der Waals surface area (Å²) in [6, 6.07) is 4.14. The largest absolute Gasteiger partial charge is 0.468 e. The average Bonchev–Trinajstić information content (AvgIpc) is 2.95. The molecule has 114 valence electrons. The fourth-order valence-electron chi connectivity index (χ4n) is 1.51. The van der Waals surface area contributed by atoms with Gasteiger partial charge in [-0.2, -0.15) is 15.0 Å². The molecule has 0 atom stereocenters. The number of nitrogens with zero attached hydrogens (tertiary/aromatic N) is 3. The Hall–Kier alpha value is -1.76. The van der Waals surface area contributed by atoms with E-state index in [1.807, 2.05) is 26.0 Å². The van der Waals surface area contributed by atoms with Crippen LogP contribution in [0.1, 0.15) is 33.0 Å². The Labute approximate surface area is 128 Å². The first-order valence-corrected chi connectivity index (χ1v) is 7.97. The molecule has 0 aliphatic rings. The van der Waals surface area contributed by atoms with Gasteiger partial charge in [-0.1, -0.05) is 18.7 Å². The second kappa shape index (κ2) is 7.87. The summed E-state index contributed by atoms with van der Waals surface area (Å²) < 4.78 is 10.9. The molecule has 2 aromatic rings. The SMILES string of the molecule is CCCNc1nc(OC(C)C)nc(SCc2ccco2)n1. The lowest BCUT2D eigenvalue weighted by Gasteiger charge is -2.10. The van der Waals surface area contributed by atoms with Gasteiger partial charge in [0.2, 0.25) is 5.95 Å². The van der Waals surface area contributed by atoms with E-state index in [1.54, 1.807) is 6.26 Å². The van der Waals surface area contributed by atoms with Crippen LogP contribution >= 0.6 is 11.8 Å². The molecule has 0 aromatic carbocycles. The Bertz CT molecular complexity index is 546. The van der Waals surface area contributed by atoms with E-state index in [0.29, 0.717) is 22.9 Å². The molecule has 0 saturated carbocycles. The highest BCUT2D eigenvalue weighted by atomic mass is 32.2. The summed E-state index contributed by atoms with van der Waals surface area (Å²) in [6.07, 6.45) is 2.68. The summed E-state index contributed by atoms with van der Waals surface area (Å²) in [7, 11) is 0. The van der Waals surface area contributed by atoms with E-state index in [0.717, 1.165) is 18.7 Å². The minimum absolute atomic E-state index is 0.0225. The van der Waals surface area contributed by atoms with Crippen LogP contribution in [0.2, 0.25) is 0 Å². The van der Waals surface area contributed by atoms with Gasteiger partial charge in [0.15, 0.2) is 5.16 Å². The van der Waals surface area contributed by atoms with Crippen LogP contribution in [0.15, 0.2) is 28.0 Å². The zero-order valence-electron chi connectivity index (χ0n) is 12.5. The average molecular weight is 308 g/mol. The van der Waals surface area contributed by atoms with Gasteiger partial charge in [-0.05, 0) is 32.4 Å². The highest BCUT2D eigenvalue weighted by Crippen LogP contribution is 2.22. The maximum absolute atomic E-state index is 5.57. The monoisotopic (exact) mass is 308 g/mol.